The number of carboxylic acids is 1. The van der Waals surface area contributed by atoms with E-state index >= 15 is 0 Å². The summed E-state index contributed by atoms with van der Waals surface area (Å²) in [5, 5.41) is 8.16. The highest BCUT2D eigenvalue weighted by Gasteiger charge is 2.25. The second kappa shape index (κ2) is 12.4. The number of nitrogens with zero attached hydrogens (tertiary/aromatic N) is 5. The van der Waals surface area contributed by atoms with Gasteiger partial charge in [0.1, 0.15) is 11.1 Å². The van der Waals surface area contributed by atoms with Crippen LogP contribution < -0.4 is 10.6 Å². The number of hydrogen-bond acceptors (Lipinski definition) is 8. The fraction of sp³-hybridized carbons (Fsp3) is 0.393. The number of carboxylic acid groups (broad SMARTS) is 1. The number of ether oxygens (including phenoxy) is 1. The van der Waals surface area contributed by atoms with Gasteiger partial charge < -0.3 is 24.1 Å². The van der Waals surface area contributed by atoms with E-state index in [0.29, 0.717) is 22.5 Å². The van der Waals surface area contributed by atoms with E-state index in [1.54, 1.807) is 12.4 Å². The highest BCUT2D eigenvalue weighted by atomic mass is 19.3. The number of furan rings is 1. The topological polar surface area (TPSA) is 139 Å². The van der Waals surface area contributed by atoms with E-state index < -0.39 is 18.2 Å². The third-order valence-electron chi connectivity index (χ3n) is 6.89. The van der Waals surface area contributed by atoms with Crippen molar-refractivity contribution in [2.75, 3.05) is 31.2 Å². The Morgan fingerprint density at radius 3 is 2.54 bits per heavy atom. The van der Waals surface area contributed by atoms with Crippen molar-refractivity contribution >= 4 is 44.9 Å². The lowest BCUT2D eigenvalue weighted by Gasteiger charge is -2.23. The van der Waals surface area contributed by atoms with Gasteiger partial charge in [-0.15, -0.1) is 0 Å². The third kappa shape index (κ3) is 6.19. The van der Waals surface area contributed by atoms with E-state index in [2.05, 4.69) is 19.9 Å². The van der Waals surface area contributed by atoms with Crippen molar-refractivity contribution in [3.8, 4) is 0 Å². The average Bonchev–Trinajstić information content (AvgIpc) is 3.70. The average molecular weight is 569 g/mol. The Labute approximate surface area is 232 Å². The maximum Gasteiger partial charge on any atom is 0.326 e. The van der Waals surface area contributed by atoms with Gasteiger partial charge in [0.05, 0.1) is 17.2 Å². The number of alkyl halides is 2. The van der Waals surface area contributed by atoms with Crippen LogP contribution in [0, 0.1) is 0 Å². The predicted molar refractivity (Wildman–Crippen MR) is 148 cm³/mol. The van der Waals surface area contributed by atoms with Crippen LogP contribution in [0.4, 0.5) is 14.6 Å². The normalized spacial score (nSPS) is 15.7. The first-order valence-corrected chi connectivity index (χ1v) is 13.4. The van der Waals surface area contributed by atoms with Gasteiger partial charge in [0.25, 0.3) is 12.4 Å². The lowest BCUT2D eigenvalue weighted by molar-refractivity contribution is -0.134. The number of H-pyrrole nitrogens is 1. The molecule has 0 spiro atoms. The molecule has 7 rings (SSSR count). The first-order valence-electron chi connectivity index (χ1n) is 13.4. The molecular formula is C28H30F2N6O5. The second-order valence-electron chi connectivity index (χ2n) is 9.73. The molecule has 0 radical (unpaired) electrons. The van der Waals surface area contributed by atoms with Crippen LogP contribution >= 0.6 is 0 Å². The van der Waals surface area contributed by atoms with E-state index in [1.807, 2.05) is 39.8 Å². The first kappa shape index (κ1) is 28.1. The standard InChI is InChI=1S/C15H13F2N3O.C11H13N3O2.C2H4O2/c16-13(17)14-18-11-9-5-1-2-6-10(9)21-12(11)15(19-14)20-7-3-4-8-20;15-11-13-9-7-12-4-1-10(9)14(11)8-2-5-16-6-3-8;1-2(3)4/h1-2,5-6,13H,3-4,7-8H2;1,4,7-8H,2-3,5-6H2,(H,13,15);1H3,(H,3,4). The Morgan fingerprint density at radius 1 is 1.12 bits per heavy atom. The summed E-state index contributed by atoms with van der Waals surface area (Å²) in [6, 6.07) is 9.46. The number of pyridine rings is 1. The summed E-state index contributed by atoms with van der Waals surface area (Å²) in [5.74, 6) is -0.778. The Hall–Kier alpha value is -4.39. The van der Waals surface area contributed by atoms with E-state index in [1.165, 1.54) is 0 Å². The maximum absolute atomic E-state index is 13.1. The summed E-state index contributed by atoms with van der Waals surface area (Å²) in [7, 11) is 0. The number of aromatic nitrogens is 5. The van der Waals surface area contributed by atoms with Crippen LogP contribution in [0.1, 0.15) is 50.9 Å². The second-order valence-corrected chi connectivity index (χ2v) is 9.73. The monoisotopic (exact) mass is 568 g/mol. The number of hydrogen-bond donors (Lipinski definition) is 2. The van der Waals surface area contributed by atoms with Crippen molar-refractivity contribution in [3.63, 3.8) is 0 Å². The Bertz CT molecular complexity index is 1700. The smallest absolute Gasteiger partial charge is 0.326 e. The van der Waals surface area contributed by atoms with Crippen LogP contribution in [-0.2, 0) is 9.53 Å². The number of nitrogens with one attached hydrogen (secondary N) is 1. The summed E-state index contributed by atoms with van der Waals surface area (Å²) >= 11 is 0. The van der Waals surface area contributed by atoms with Gasteiger partial charge in [0.15, 0.2) is 17.2 Å². The summed E-state index contributed by atoms with van der Waals surface area (Å²) in [4.78, 5) is 37.8. The third-order valence-corrected chi connectivity index (χ3v) is 6.89. The molecule has 2 aliphatic heterocycles. The zero-order valence-electron chi connectivity index (χ0n) is 22.4. The minimum atomic E-state index is -2.69. The van der Waals surface area contributed by atoms with Gasteiger partial charge in [0, 0.05) is 50.9 Å². The van der Waals surface area contributed by atoms with Crippen molar-refractivity contribution < 1.29 is 27.8 Å². The number of para-hydroxylation sites is 1. The van der Waals surface area contributed by atoms with Crippen LogP contribution in [0.25, 0.3) is 33.1 Å². The summed E-state index contributed by atoms with van der Waals surface area (Å²) in [5.41, 5.74) is 3.31. The number of halogens is 2. The van der Waals surface area contributed by atoms with E-state index in [4.69, 9.17) is 19.1 Å². The number of benzene rings is 1. The molecule has 0 amide bonds. The Kier molecular flexibility index (Phi) is 8.53. The van der Waals surface area contributed by atoms with E-state index in [-0.39, 0.29) is 11.7 Å². The van der Waals surface area contributed by atoms with E-state index in [9.17, 15) is 13.6 Å². The number of carbonyl (C=O) groups is 1. The highest BCUT2D eigenvalue weighted by Crippen LogP contribution is 2.35. The molecule has 2 aliphatic rings. The Balaban J connectivity index is 0.000000150. The molecule has 2 N–H and O–H groups in total. The van der Waals surface area contributed by atoms with Crippen LogP contribution in [-0.4, -0.2) is 61.9 Å². The van der Waals surface area contributed by atoms with Crippen LogP contribution in [0.5, 0.6) is 0 Å². The van der Waals surface area contributed by atoms with Gasteiger partial charge in [-0.3, -0.25) is 14.3 Å². The number of anilines is 1. The maximum atomic E-state index is 13.1. The molecule has 11 nitrogen and oxygen atoms in total. The molecule has 5 aromatic rings. The van der Waals surface area contributed by atoms with Crippen LogP contribution in [0.2, 0.25) is 0 Å². The molecule has 6 heterocycles. The van der Waals surface area contributed by atoms with Gasteiger partial charge in [0.2, 0.25) is 0 Å². The molecule has 0 unspecified atom stereocenters. The molecule has 0 bridgehead atoms. The fourth-order valence-corrected chi connectivity index (χ4v) is 5.12. The number of imidazole rings is 1. The van der Waals surface area contributed by atoms with Crippen molar-refractivity contribution in [2.45, 2.75) is 45.1 Å². The lowest BCUT2D eigenvalue weighted by atomic mass is 10.1. The lowest BCUT2D eigenvalue weighted by Crippen LogP contribution is -2.27. The minimum Gasteiger partial charge on any atom is -0.481 e. The van der Waals surface area contributed by atoms with Gasteiger partial charge >= 0.3 is 5.69 Å². The highest BCUT2D eigenvalue weighted by molar-refractivity contribution is 6.05. The fourth-order valence-electron chi connectivity index (χ4n) is 5.12. The predicted octanol–water partition coefficient (Wildman–Crippen LogP) is 5.08. The molecule has 0 saturated carbocycles. The zero-order valence-corrected chi connectivity index (χ0v) is 22.4. The molecule has 216 valence electrons. The molecule has 0 aliphatic carbocycles. The van der Waals surface area contributed by atoms with Gasteiger partial charge in [-0.1, -0.05) is 12.1 Å². The van der Waals surface area contributed by atoms with Gasteiger partial charge in [-0.25, -0.2) is 23.5 Å². The number of aromatic amines is 1. The first-order chi connectivity index (χ1) is 19.8. The zero-order chi connectivity index (χ0) is 28.9. The van der Waals surface area contributed by atoms with Crippen molar-refractivity contribution in [1.82, 2.24) is 24.5 Å². The molecule has 41 heavy (non-hydrogen) atoms. The minimum absolute atomic E-state index is 0.0464. The summed E-state index contributed by atoms with van der Waals surface area (Å²) < 4.78 is 39.2. The number of aliphatic carboxylic acids is 1. The molecule has 2 fully saturated rings. The van der Waals surface area contributed by atoms with Crippen LogP contribution in [0.3, 0.4) is 0 Å². The van der Waals surface area contributed by atoms with Crippen molar-refractivity contribution in [3.05, 3.63) is 59.0 Å². The number of rotatable bonds is 3. The molecule has 4 aromatic heterocycles. The van der Waals surface area contributed by atoms with Gasteiger partial charge in [-0.05, 0) is 43.9 Å². The summed E-state index contributed by atoms with van der Waals surface area (Å²) in [6.07, 6.45) is 4.58. The van der Waals surface area contributed by atoms with E-state index in [0.717, 1.165) is 75.3 Å². The number of fused-ring (bicyclic) bond motifs is 4. The van der Waals surface area contributed by atoms with Crippen molar-refractivity contribution in [2.24, 2.45) is 0 Å². The Morgan fingerprint density at radius 2 is 1.83 bits per heavy atom. The van der Waals surface area contributed by atoms with Crippen LogP contribution in [0.15, 0.2) is 51.9 Å². The molecule has 13 heteroatoms. The quantitative estimate of drug-likeness (QED) is 0.305. The SMILES string of the molecule is CC(=O)O.FC(F)c1nc(N2CCCC2)c2oc3ccccc3c2n1.O=c1[nH]c2cnccc2n1C1CCOCC1. The molecule has 2 saturated heterocycles. The summed E-state index contributed by atoms with van der Waals surface area (Å²) in [6.45, 7) is 4.17. The molecule has 0 atom stereocenters. The van der Waals surface area contributed by atoms with Gasteiger partial charge in [-0.2, -0.15) is 0 Å². The molecular weight excluding hydrogens is 538 g/mol. The van der Waals surface area contributed by atoms with Crippen molar-refractivity contribution in [1.29, 1.82) is 0 Å². The largest absolute Gasteiger partial charge is 0.481 e. The molecule has 1 aromatic carbocycles.